The van der Waals surface area contributed by atoms with Crippen molar-refractivity contribution >= 4 is 28.9 Å². The lowest BCUT2D eigenvalue weighted by atomic mass is 10.2. The minimum Gasteiger partial charge on any atom is -0.445 e. The van der Waals surface area contributed by atoms with Gasteiger partial charge in [-0.2, -0.15) is 0 Å². The molecule has 1 aliphatic heterocycles. The van der Waals surface area contributed by atoms with E-state index in [9.17, 15) is 14.4 Å². The number of carbonyl (C=O) groups excluding carboxylic acids is 3. The molecule has 2 amide bonds. The molecule has 0 aliphatic carbocycles. The summed E-state index contributed by atoms with van der Waals surface area (Å²) in [5, 5.41) is 5.17. The molecule has 118 valence electrons. The summed E-state index contributed by atoms with van der Waals surface area (Å²) in [6.45, 7) is 0.611. The van der Waals surface area contributed by atoms with Crippen molar-refractivity contribution in [3.63, 3.8) is 0 Å². The summed E-state index contributed by atoms with van der Waals surface area (Å²) < 4.78 is 5.05. The van der Waals surface area contributed by atoms with Crippen LogP contribution in [0.5, 0.6) is 0 Å². The molecule has 1 heterocycles. The Morgan fingerprint density at radius 3 is 2.73 bits per heavy atom. The number of ether oxygens (including phenoxy) is 1. The zero-order valence-corrected chi connectivity index (χ0v) is 12.9. The van der Waals surface area contributed by atoms with Crippen molar-refractivity contribution in [1.82, 2.24) is 10.6 Å². The van der Waals surface area contributed by atoms with Crippen LogP contribution < -0.4 is 10.6 Å². The Morgan fingerprint density at radius 2 is 2.05 bits per heavy atom. The standard InChI is InChI=1S/C15H18N2O4S/c18-12-9-13(17-12)22-14(19)7-4-8-16-15(20)21-10-11-5-2-1-3-6-11/h1-3,5-6,13H,4,7-10H2,(H,16,20)(H,17,18)/t13-/m0/s1. The van der Waals surface area contributed by atoms with E-state index in [-0.39, 0.29) is 23.0 Å². The van der Waals surface area contributed by atoms with Gasteiger partial charge in [-0.3, -0.25) is 9.59 Å². The molecule has 1 aromatic carbocycles. The molecular formula is C15H18N2O4S. The van der Waals surface area contributed by atoms with Crippen LogP contribution in [-0.2, 0) is 20.9 Å². The van der Waals surface area contributed by atoms with Gasteiger partial charge in [-0.15, -0.1) is 0 Å². The molecule has 0 unspecified atom stereocenters. The van der Waals surface area contributed by atoms with E-state index in [0.29, 0.717) is 25.8 Å². The molecule has 0 aromatic heterocycles. The molecule has 1 aliphatic rings. The topological polar surface area (TPSA) is 84.5 Å². The van der Waals surface area contributed by atoms with Gasteiger partial charge in [0.25, 0.3) is 0 Å². The van der Waals surface area contributed by atoms with Crippen molar-refractivity contribution in [1.29, 1.82) is 0 Å². The molecule has 6 nitrogen and oxygen atoms in total. The van der Waals surface area contributed by atoms with E-state index in [1.807, 2.05) is 30.3 Å². The lowest BCUT2D eigenvalue weighted by molar-refractivity contribution is -0.126. The summed E-state index contributed by atoms with van der Waals surface area (Å²) in [6, 6.07) is 9.41. The maximum atomic E-state index is 11.6. The maximum absolute atomic E-state index is 11.6. The number of alkyl carbamates (subject to hydrolysis) is 1. The number of hydrogen-bond donors (Lipinski definition) is 2. The van der Waals surface area contributed by atoms with Crippen LogP contribution in [0.3, 0.4) is 0 Å². The fourth-order valence-corrected chi connectivity index (χ4v) is 2.82. The lowest BCUT2D eigenvalue weighted by Crippen LogP contribution is -2.46. The predicted molar refractivity (Wildman–Crippen MR) is 83.0 cm³/mol. The number of benzene rings is 1. The molecule has 0 radical (unpaired) electrons. The van der Waals surface area contributed by atoms with Gasteiger partial charge in [-0.1, -0.05) is 42.1 Å². The molecule has 22 heavy (non-hydrogen) atoms. The average molecular weight is 322 g/mol. The van der Waals surface area contributed by atoms with Crippen LogP contribution in [0.2, 0.25) is 0 Å². The van der Waals surface area contributed by atoms with Crippen molar-refractivity contribution in [3.8, 4) is 0 Å². The Morgan fingerprint density at radius 1 is 1.32 bits per heavy atom. The van der Waals surface area contributed by atoms with Crippen LogP contribution in [0.1, 0.15) is 24.8 Å². The molecule has 1 atom stereocenters. The fraction of sp³-hybridized carbons (Fsp3) is 0.400. The number of rotatable bonds is 7. The normalized spacial score (nSPS) is 16.4. The SMILES string of the molecule is O=C1C[C@H](SC(=O)CCCNC(=O)OCc2ccccc2)N1. The van der Waals surface area contributed by atoms with Gasteiger partial charge in [-0.05, 0) is 12.0 Å². The molecular weight excluding hydrogens is 304 g/mol. The molecule has 0 bridgehead atoms. The van der Waals surface area contributed by atoms with Crippen molar-refractivity contribution in [3.05, 3.63) is 35.9 Å². The van der Waals surface area contributed by atoms with Crippen molar-refractivity contribution in [2.24, 2.45) is 0 Å². The second kappa shape index (κ2) is 8.43. The van der Waals surface area contributed by atoms with Gasteiger partial charge in [0.15, 0.2) is 5.12 Å². The molecule has 1 aromatic rings. The van der Waals surface area contributed by atoms with Gasteiger partial charge in [0, 0.05) is 13.0 Å². The summed E-state index contributed by atoms with van der Waals surface area (Å²) in [7, 11) is 0. The van der Waals surface area contributed by atoms with Gasteiger partial charge in [0.1, 0.15) is 6.61 Å². The van der Waals surface area contributed by atoms with E-state index in [1.165, 1.54) is 0 Å². The Hall–Kier alpha value is -2.02. The van der Waals surface area contributed by atoms with Gasteiger partial charge < -0.3 is 15.4 Å². The van der Waals surface area contributed by atoms with E-state index in [4.69, 9.17) is 4.74 Å². The van der Waals surface area contributed by atoms with Crippen LogP contribution in [0.15, 0.2) is 30.3 Å². The van der Waals surface area contributed by atoms with E-state index in [0.717, 1.165) is 17.3 Å². The van der Waals surface area contributed by atoms with Gasteiger partial charge in [0.2, 0.25) is 5.91 Å². The summed E-state index contributed by atoms with van der Waals surface area (Å²) in [5.74, 6) is -0.0203. The first-order chi connectivity index (χ1) is 10.6. The molecule has 7 heteroatoms. The smallest absolute Gasteiger partial charge is 0.407 e. The summed E-state index contributed by atoms with van der Waals surface area (Å²) >= 11 is 1.14. The van der Waals surface area contributed by atoms with E-state index in [1.54, 1.807) is 0 Å². The zero-order valence-electron chi connectivity index (χ0n) is 12.0. The van der Waals surface area contributed by atoms with Crippen molar-refractivity contribution < 1.29 is 19.1 Å². The highest BCUT2D eigenvalue weighted by Crippen LogP contribution is 2.21. The number of hydrogen-bond acceptors (Lipinski definition) is 5. The molecule has 0 saturated carbocycles. The highest BCUT2D eigenvalue weighted by Gasteiger charge is 2.27. The summed E-state index contributed by atoms with van der Waals surface area (Å²) in [4.78, 5) is 33.7. The predicted octanol–water partition coefficient (Wildman–Crippen LogP) is 1.80. The minimum absolute atomic E-state index is 0.0180. The molecule has 1 fully saturated rings. The fourth-order valence-electron chi connectivity index (χ4n) is 1.81. The Balaban J connectivity index is 1.50. The van der Waals surface area contributed by atoms with E-state index < -0.39 is 6.09 Å². The Labute approximate surface area is 133 Å². The lowest BCUT2D eigenvalue weighted by Gasteiger charge is -2.25. The van der Waals surface area contributed by atoms with Crippen LogP contribution in [-0.4, -0.2) is 29.0 Å². The molecule has 1 saturated heterocycles. The first kappa shape index (κ1) is 16.4. The zero-order chi connectivity index (χ0) is 15.8. The Kier molecular flexibility index (Phi) is 6.27. The van der Waals surface area contributed by atoms with Crippen LogP contribution in [0, 0.1) is 0 Å². The number of thioether (sulfide) groups is 1. The summed E-state index contributed by atoms with van der Waals surface area (Å²) in [6.07, 6.45) is 0.818. The Bertz CT molecular complexity index is 528. The number of β-lactam (4-membered cyclic amide) rings is 1. The van der Waals surface area contributed by atoms with Crippen molar-refractivity contribution in [2.45, 2.75) is 31.2 Å². The molecule has 0 spiro atoms. The van der Waals surface area contributed by atoms with Gasteiger partial charge >= 0.3 is 6.09 Å². The van der Waals surface area contributed by atoms with Crippen molar-refractivity contribution in [2.75, 3.05) is 6.54 Å². The highest BCUT2D eigenvalue weighted by atomic mass is 32.2. The maximum Gasteiger partial charge on any atom is 0.407 e. The second-order valence-corrected chi connectivity index (χ2v) is 6.10. The van der Waals surface area contributed by atoms with Crippen LogP contribution >= 0.6 is 11.8 Å². The number of carbonyl (C=O) groups is 3. The first-order valence-electron chi connectivity index (χ1n) is 7.07. The average Bonchev–Trinajstić information content (AvgIpc) is 2.49. The van der Waals surface area contributed by atoms with Crippen LogP contribution in [0.25, 0.3) is 0 Å². The number of nitrogens with one attached hydrogen (secondary N) is 2. The minimum atomic E-state index is -0.491. The number of amides is 2. The van der Waals surface area contributed by atoms with Gasteiger partial charge in [0.05, 0.1) is 11.8 Å². The second-order valence-electron chi connectivity index (χ2n) is 4.84. The largest absolute Gasteiger partial charge is 0.445 e. The monoisotopic (exact) mass is 322 g/mol. The highest BCUT2D eigenvalue weighted by molar-refractivity contribution is 8.14. The third kappa shape index (κ3) is 5.77. The molecule has 2 N–H and O–H groups in total. The third-order valence-electron chi connectivity index (χ3n) is 3.01. The quantitative estimate of drug-likeness (QED) is 0.591. The summed E-state index contributed by atoms with van der Waals surface area (Å²) in [5.41, 5.74) is 0.923. The van der Waals surface area contributed by atoms with Gasteiger partial charge in [-0.25, -0.2) is 4.79 Å². The van der Waals surface area contributed by atoms with E-state index in [2.05, 4.69) is 10.6 Å². The first-order valence-corrected chi connectivity index (χ1v) is 7.95. The molecule has 2 rings (SSSR count). The third-order valence-corrected chi connectivity index (χ3v) is 4.04. The van der Waals surface area contributed by atoms with E-state index >= 15 is 0 Å². The van der Waals surface area contributed by atoms with Crippen LogP contribution in [0.4, 0.5) is 4.79 Å².